The summed E-state index contributed by atoms with van der Waals surface area (Å²) in [7, 11) is 0. The number of aryl methyl sites for hydroxylation is 1. The van der Waals surface area contributed by atoms with E-state index in [1.54, 1.807) is 6.20 Å². The fraction of sp³-hybridized carbons (Fsp3) is 0.583. The molecule has 1 aliphatic heterocycles. The topological polar surface area (TPSA) is 46.3 Å². The smallest absolute Gasteiger partial charge is 0.203 e. The van der Waals surface area contributed by atoms with Gasteiger partial charge in [-0.1, -0.05) is 6.92 Å². The number of anilines is 1. The molecule has 1 fully saturated rings. The quantitative estimate of drug-likeness (QED) is 0.739. The molecular formula is C12H16ClN5. The van der Waals surface area contributed by atoms with Crippen molar-refractivity contribution in [3.8, 4) is 0 Å². The summed E-state index contributed by atoms with van der Waals surface area (Å²) in [5, 5.41) is 8.58. The highest BCUT2D eigenvalue weighted by atomic mass is 35.5. The summed E-state index contributed by atoms with van der Waals surface area (Å²) in [6, 6.07) is 0. The van der Waals surface area contributed by atoms with Gasteiger partial charge in [-0.2, -0.15) is 0 Å². The van der Waals surface area contributed by atoms with Gasteiger partial charge in [0.25, 0.3) is 0 Å². The molecule has 0 radical (unpaired) electrons. The predicted octanol–water partition coefficient (Wildman–Crippen LogP) is 1.89. The lowest BCUT2D eigenvalue weighted by Gasteiger charge is -2.34. The molecule has 0 spiro atoms. The lowest BCUT2D eigenvalue weighted by Crippen LogP contribution is -2.40. The number of aromatic nitrogens is 4. The first-order chi connectivity index (χ1) is 8.66. The Labute approximate surface area is 111 Å². The third-order valence-electron chi connectivity index (χ3n) is 3.58. The molecule has 1 saturated heterocycles. The molecule has 5 nitrogen and oxygen atoms in total. The van der Waals surface area contributed by atoms with Crippen LogP contribution in [0.25, 0.3) is 5.65 Å². The standard InChI is InChI=1S/C12H16ClN5/c1-8-7-17(5-3-10(8)13)11-12-16-15-9(2)18(12)6-4-14-11/h4,6,8,10H,3,5,7H2,1-2H3. The van der Waals surface area contributed by atoms with E-state index in [4.69, 9.17) is 11.6 Å². The highest BCUT2D eigenvalue weighted by Gasteiger charge is 2.26. The number of hydrogen-bond acceptors (Lipinski definition) is 4. The maximum absolute atomic E-state index is 6.26. The zero-order chi connectivity index (χ0) is 12.7. The van der Waals surface area contributed by atoms with Crippen LogP contribution in [0.4, 0.5) is 5.82 Å². The van der Waals surface area contributed by atoms with Crippen LogP contribution < -0.4 is 4.90 Å². The van der Waals surface area contributed by atoms with Gasteiger partial charge in [0.1, 0.15) is 5.82 Å². The van der Waals surface area contributed by atoms with Crippen LogP contribution in [0, 0.1) is 12.8 Å². The Bertz CT molecular complexity index is 567. The highest BCUT2D eigenvalue weighted by Crippen LogP contribution is 2.27. The molecule has 3 heterocycles. The molecule has 6 heteroatoms. The minimum Gasteiger partial charge on any atom is -0.353 e. The number of nitrogens with zero attached hydrogens (tertiary/aromatic N) is 5. The molecular weight excluding hydrogens is 250 g/mol. The molecule has 0 aliphatic carbocycles. The van der Waals surface area contributed by atoms with Gasteiger partial charge in [0.05, 0.1) is 0 Å². The fourth-order valence-corrected chi connectivity index (χ4v) is 2.64. The van der Waals surface area contributed by atoms with Crippen LogP contribution in [-0.4, -0.2) is 38.0 Å². The van der Waals surface area contributed by atoms with Gasteiger partial charge < -0.3 is 4.90 Å². The molecule has 96 valence electrons. The summed E-state index contributed by atoms with van der Waals surface area (Å²) in [5.41, 5.74) is 0.829. The van der Waals surface area contributed by atoms with Crippen LogP contribution in [0.5, 0.6) is 0 Å². The second-order valence-electron chi connectivity index (χ2n) is 4.92. The van der Waals surface area contributed by atoms with Gasteiger partial charge in [-0.3, -0.25) is 4.40 Å². The SMILES string of the molecule is Cc1nnc2c(N3CCC(Cl)C(C)C3)nccn12. The molecule has 2 aromatic heterocycles. The van der Waals surface area contributed by atoms with Crippen LogP contribution in [0.3, 0.4) is 0 Å². The number of alkyl halides is 1. The van der Waals surface area contributed by atoms with Crippen LogP contribution >= 0.6 is 11.6 Å². The molecule has 2 aromatic rings. The zero-order valence-electron chi connectivity index (χ0n) is 10.5. The third-order valence-corrected chi connectivity index (χ3v) is 4.23. The van der Waals surface area contributed by atoms with Crippen molar-refractivity contribution in [3.63, 3.8) is 0 Å². The molecule has 0 N–H and O–H groups in total. The molecule has 0 bridgehead atoms. The Morgan fingerprint density at radius 1 is 1.39 bits per heavy atom. The average molecular weight is 266 g/mol. The Hall–Kier alpha value is -1.36. The predicted molar refractivity (Wildman–Crippen MR) is 71.2 cm³/mol. The van der Waals surface area contributed by atoms with E-state index in [1.807, 2.05) is 17.5 Å². The summed E-state index contributed by atoms with van der Waals surface area (Å²) in [4.78, 5) is 6.72. The number of hydrogen-bond donors (Lipinski definition) is 0. The Kier molecular flexibility index (Phi) is 2.86. The fourth-order valence-electron chi connectivity index (χ4n) is 2.46. The summed E-state index contributed by atoms with van der Waals surface area (Å²) >= 11 is 6.26. The Morgan fingerprint density at radius 3 is 3.00 bits per heavy atom. The van der Waals surface area contributed by atoms with Gasteiger partial charge in [-0.05, 0) is 19.3 Å². The first kappa shape index (κ1) is 11.7. The van der Waals surface area contributed by atoms with E-state index in [9.17, 15) is 0 Å². The van der Waals surface area contributed by atoms with Crippen molar-refractivity contribution in [1.82, 2.24) is 19.6 Å². The molecule has 2 unspecified atom stereocenters. The maximum Gasteiger partial charge on any atom is 0.203 e. The maximum atomic E-state index is 6.26. The van der Waals surface area contributed by atoms with Crippen LogP contribution in [-0.2, 0) is 0 Å². The Balaban J connectivity index is 1.99. The van der Waals surface area contributed by atoms with Crippen LogP contribution in [0.1, 0.15) is 19.2 Å². The van der Waals surface area contributed by atoms with E-state index in [2.05, 4.69) is 27.0 Å². The molecule has 1 aliphatic rings. The Morgan fingerprint density at radius 2 is 2.22 bits per heavy atom. The van der Waals surface area contributed by atoms with Crippen LogP contribution in [0.2, 0.25) is 0 Å². The van der Waals surface area contributed by atoms with Crippen molar-refractivity contribution in [2.24, 2.45) is 5.92 Å². The van der Waals surface area contributed by atoms with Crippen LogP contribution in [0.15, 0.2) is 12.4 Å². The number of rotatable bonds is 1. The highest BCUT2D eigenvalue weighted by molar-refractivity contribution is 6.20. The van der Waals surface area contributed by atoms with Crippen molar-refractivity contribution < 1.29 is 0 Å². The first-order valence-corrected chi connectivity index (χ1v) is 6.66. The van der Waals surface area contributed by atoms with Gasteiger partial charge >= 0.3 is 0 Å². The van der Waals surface area contributed by atoms with E-state index in [1.165, 1.54) is 0 Å². The summed E-state index contributed by atoms with van der Waals surface area (Å²) in [6.07, 6.45) is 4.68. The van der Waals surface area contributed by atoms with E-state index in [0.29, 0.717) is 5.92 Å². The average Bonchev–Trinajstić information content (AvgIpc) is 2.75. The van der Waals surface area contributed by atoms with Crippen molar-refractivity contribution in [2.45, 2.75) is 25.6 Å². The molecule has 18 heavy (non-hydrogen) atoms. The van der Waals surface area contributed by atoms with Crippen molar-refractivity contribution in [3.05, 3.63) is 18.2 Å². The van der Waals surface area contributed by atoms with E-state index in [-0.39, 0.29) is 5.38 Å². The molecule has 2 atom stereocenters. The van der Waals surface area contributed by atoms with Crippen molar-refractivity contribution in [2.75, 3.05) is 18.0 Å². The minimum absolute atomic E-state index is 0.264. The number of halogens is 1. The molecule has 3 rings (SSSR count). The third kappa shape index (κ3) is 1.82. The monoisotopic (exact) mass is 265 g/mol. The second kappa shape index (κ2) is 4.39. The molecule has 0 saturated carbocycles. The van der Waals surface area contributed by atoms with Gasteiger partial charge in [-0.25, -0.2) is 4.98 Å². The van der Waals surface area contributed by atoms with Crippen molar-refractivity contribution in [1.29, 1.82) is 0 Å². The zero-order valence-corrected chi connectivity index (χ0v) is 11.3. The van der Waals surface area contributed by atoms with Crippen molar-refractivity contribution >= 4 is 23.1 Å². The number of piperidine rings is 1. The second-order valence-corrected chi connectivity index (χ2v) is 5.48. The first-order valence-electron chi connectivity index (χ1n) is 6.22. The minimum atomic E-state index is 0.264. The summed E-state index contributed by atoms with van der Waals surface area (Å²) < 4.78 is 1.97. The molecule has 0 aromatic carbocycles. The van der Waals surface area contributed by atoms with E-state index < -0.39 is 0 Å². The summed E-state index contributed by atoms with van der Waals surface area (Å²) in [6.45, 7) is 5.97. The van der Waals surface area contributed by atoms with Gasteiger partial charge in [-0.15, -0.1) is 21.8 Å². The lowest BCUT2D eigenvalue weighted by atomic mass is 10.00. The molecule has 0 amide bonds. The number of fused-ring (bicyclic) bond motifs is 1. The van der Waals surface area contributed by atoms with Gasteiger partial charge in [0.15, 0.2) is 5.82 Å². The normalized spacial score (nSPS) is 24.7. The van der Waals surface area contributed by atoms with E-state index in [0.717, 1.165) is 36.8 Å². The van der Waals surface area contributed by atoms with Gasteiger partial charge in [0, 0.05) is 30.9 Å². The lowest BCUT2D eigenvalue weighted by molar-refractivity contribution is 0.452. The largest absolute Gasteiger partial charge is 0.353 e. The van der Waals surface area contributed by atoms with Gasteiger partial charge in [0.2, 0.25) is 5.65 Å². The van der Waals surface area contributed by atoms with E-state index >= 15 is 0 Å². The summed E-state index contributed by atoms with van der Waals surface area (Å²) in [5.74, 6) is 2.26.